The van der Waals surface area contributed by atoms with Gasteiger partial charge in [-0.25, -0.2) is 4.39 Å². The largest absolute Gasteiger partial charge is 0.350 e. The Morgan fingerprint density at radius 1 is 1.30 bits per heavy atom. The molecule has 0 saturated carbocycles. The second kappa shape index (κ2) is 7.60. The number of thiophene rings is 1. The third-order valence-electron chi connectivity index (χ3n) is 3.78. The van der Waals surface area contributed by atoms with E-state index >= 15 is 0 Å². The Kier molecular flexibility index (Phi) is 6.00. The molecule has 0 atom stereocenters. The number of fused-ring (bicyclic) bond motifs is 1. The summed E-state index contributed by atoms with van der Waals surface area (Å²) in [5.74, 6) is -0.532. The van der Waals surface area contributed by atoms with Gasteiger partial charge in [0.25, 0.3) is 5.91 Å². The molecule has 1 N–H and O–H groups in total. The van der Waals surface area contributed by atoms with E-state index in [1.807, 2.05) is 0 Å². The predicted octanol–water partition coefficient (Wildman–Crippen LogP) is 4.54. The van der Waals surface area contributed by atoms with Crippen LogP contribution < -0.4 is 5.32 Å². The van der Waals surface area contributed by atoms with E-state index in [2.05, 4.69) is 37.9 Å². The Labute approximate surface area is 145 Å². The molecular weight excluding hydrogens is 335 g/mol. The molecule has 1 aromatic heterocycles. The van der Waals surface area contributed by atoms with Crippen LogP contribution in [0.3, 0.4) is 0 Å². The average molecular weight is 357 g/mol. The first-order valence-electron chi connectivity index (χ1n) is 7.72. The summed E-state index contributed by atoms with van der Waals surface area (Å²) in [6.45, 7) is 9.88. The van der Waals surface area contributed by atoms with Gasteiger partial charge in [-0.3, -0.25) is 9.69 Å². The van der Waals surface area contributed by atoms with Gasteiger partial charge < -0.3 is 5.32 Å². The summed E-state index contributed by atoms with van der Waals surface area (Å²) < 4.78 is 14.0. The highest BCUT2D eigenvalue weighted by Gasteiger charge is 2.18. The number of hydrogen-bond acceptors (Lipinski definition) is 3. The molecule has 0 fully saturated rings. The van der Waals surface area contributed by atoms with Crippen LogP contribution >= 0.6 is 22.9 Å². The summed E-state index contributed by atoms with van der Waals surface area (Å²) in [7, 11) is 0. The van der Waals surface area contributed by atoms with Gasteiger partial charge in [0.15, 0.2) is 0 Å². The average Bonchev–Trinajstić information content (AvgIpc) is 2.79. The molecule has 1 heterocycles. The highest BCUT2D eigenvalue weighted by atomic mass is 35.5. The zero-order chi connectivity index (χ0) is 17.1. The van der Waals surface area contributed by atoms with Crippen molar-refractivity contribution in [3.05, 3.63) is 33.9 Å². The summed E-state index contributed by atoms with van der Waals surface area (Å²) in [6.07, 6.45) is 0. The van der Waals surface area contributed by atoms with Crippen molar-refractivity contribution in [3.8, 4) is 0 Å². The molecule has 0 aliphatic rings. The van der Waals surface area contributed by atoms with Crippen LogP contribution in [-0.4, -0.2) is 36.0 Å². The number of nitrogens with zero attached hydrogens (tertiary/aromatic N) is 1. The Morgan fingerprint density at radius 3 is 2.57 bits per heavy atom. The lowest BCUT2D eigenvalue weighted by molar-refractivity contribution is 0.0943. The molecule has 2 rings (SSSR count). The van der Waals surface area contributed by atoms with Gasteiger partial charge in [0.1, 0.15) is 10.7 Å². The van der Waals surface area contributed by atoms with E-state index in [4.69, 9.17) is 11.6 Å². The molecule has 2 aromatic rings. The van der Waals surface area contributed by atoms with Gasteiger partial charge >= 0.3 is 0 Å². The van der Waals surface area contributed by atoms with E-state index in [1.165, 1.54) is 23.5 Å². The van der Waals surface area contributed by atoms with Crippen LogP contribution in [-0.2, 0) is 0 Å². The first kappa shape index (κ1) is 18.2. The molecule has 0 unspecified atom stereocenters. The van der Waals surface area contributed by atoms with Gasteiger partial charge in [-0.1, -0.05) is 11.6 Å². The number of benzene rings is 1. The quantitative estimate of drug-likeness (QED) is 0.823. The van der Waals surface area contributed by atoms with Gasteiger partial charge in [-0.2, -0.15) is 0 Å². The Morgan fingerprint density at radius 2 is 1.96 bits per heavy atom. The van der Waals surface area contributed by atoms with Crippen LogP contribution in [0.1, 0.15) is 37.4 Å². The first-order chi connectivity index (χ1) is 10.8. The molecule has 0 aliphatic carbocycles. The lowest BCUT2D eigenvalue weighted by Crippen LogP contribution is -2.42. The normalized spacial score (nSPS) is 11.9. The minimum absolute atomic E-state index is 0.205. The summed E-state index contributed by atoms with van der Waals surface area (Å²) in [5, 5.41) is 4.02. The molecule has 0 spiro atoms. The number of hydrogen-bond donors (Lipinski definition) is 1. The number of carbonyl (C=O) groups excluding carboxylic acids is 1. The summed E-state index contributed by atoms with van der Waals surface area (Å²) in [6, 6.07) is 5.21. The van der Waals surface area contributed by atoms with E-state index in [0.717, 1.165) is 6.54 Å². The van der Waals surface area contributed by atoms with Crippen molar-refractivity contribution < 1.29 is 9.18 Å². The zero-order valence-electron chi connectivity index (χ0n) is 13.8. The van der Waals surface area contributed by atoms with Crippen molar-refractivity contribution in [2.75, 3.05) is 13.1 Å². The Balaban J connectivity index is 2.05. The maximum Gasteiger partial charge on any atom is 0.262 e. The standard InChI is InChI=1S/C17H22ClFN2OS/c1-10(2)21(11(3)4)8-7-20-17(22)16-15(18)13-6-5-12(19)9-14(13)23-16/h5-6,9-11H,7-8H2,1-4H3,(H,20,22). The van der Waals surface area contributed by atoms with Gasteiger partial charge in [0.2, 0.25) is 0 Å². The Hall–Kier alpha value is -1.17. The van der Waals surface area contributed by atoms with Crippen molar-refractivity contribution in [2.45, 2.75) is 39.8 Å². The maximum absolute atomic E-state index is 13.3. The van der Waals surface area contributed by atoms with Crippen LogP contribution in [0.4, 0.5) is 4.39 Å². The van der Waals surface area contributed by atoms with E-state index < -0.39 is 0 Å². The number of halogens is 2. The molecule has 126 valence electrons. The number of rotatable bonds is 6. The van der Waals surface area contributed by atoms with E-state index in [-0.39, 0.29) is 11.7 Å². The zero-order valence-corrected chi connectivity index (χ0v) is 15.4. The van der Waals surface area contributed by atoms with Crippen LogP contribution in [0.15, 0.2) is 18.2 Å². The molecule has 0 radical (unpaired) electrons. The highest BCUT2D eigenvalue weighted by molar-refractivity contribution is 7.21. The molecule has 0 bridgehead atoms. The predicted molar refractivity (Wildman–Crippen MR) is 96.1 cm³/mol. The van der Waals surface area contributed by atoms with Crippen LogP contribution in [0.2, 0.25) is 5.02 Å². The molecular formula is C17H22ClFN2OS. The number of amides is 1. The third kappa shape index (κ3) is 4.22. The fourth-order valence-electron chi connectivity index (χ4n) is 2.68. The van der Waals surface area contributed by atoms with Crippen molar-refractivity contribution in [1.29, 1.82) is 0 Å². The third-order valence-corrected chi connectivity index (χ3v) is 5.44. The maximum atomic E-state index is 13.3. The van der Waals surface area contributed by atoms with Crippen molar-refractivity contribution in [1.82, 2.24) is 10.2 Å². The minimum atomic E-state index is -0.327. The Bertz CT molecular complexity index is 691. The fourth-order valence-corrected chi connectivity index (χ4v) is 4.13. The summed E-state index contributed by atoms with van der Waals surface area (Å²) in [5.41, 5.74) is 0. The molecule has 3 nitrogen and oxygen atoms in total. The van der Waals surface area contributed by atoms with Gasteiger partial charge in [-0.15, -0.1) is 11.3 Å². The van der Waals surface area contributed by atoms with Crippen molar-refractivity contribution >= 4 is 38.9 Å². The molecule has 0 saturated heterocycles. The summed E-state index contributed by atoms with van der Waals surface area (Å²) >= 11 is 7.48. The molecule has 6 heteroatoms. The smallest absolute Gasteiger partial charge is 0.262 e. The van der Waals surface area contributed by atoms with Gasteiger partial charge in [0.05, 0.1) is 5.02 Å². The highest BCUT2D eigenvalue weighted by Crippen LogP contribution is 2.35. The lowest BCUT2D eigenvalue weighted by Gasteiger charge is -2.30. The van der Waals surface area contributed by atoms with Crippen LogP contribution in [0.25, 0.3) is 10.1 Å². The number of carbonyl (C=O) groups is 1. The van der Waals surface area contributed by atoms with Gasteiger partial charge in [0, 0.05) is 35.3 Å². The number of nitrogens with one attached hydrogen (secondary N) is 1. The van der Waals surface area contributed by atoms with Crippen molar-refractivity contribution in [2.24, 2.45) is 0 Å². The minimum Gasteiger partial charge on any atom is -0.350 e. The van der Waals surface area contributed by atoms with Gasteiger partial charge in [-0.05, 0) is 45.9 Å². The van der Waals surface area contributed by atoms with E-state index in [9.17, 15) is 9.18 Å². The molecule has 0 aliphatic heterocycles. The van der Waals surface area contributed by atoms with Crippen LogP contribution in [0, 0.1) is 5.82 Å². The molecule has 1 amide bonds. The van der Waals surface area contributed by atoms with Crippen molar-refractivity contribution in [3.63, 3.8) is 0 Å². The fraction of sp³-hybridized carbons (Fsp3) is 0.471. The molecule has 1 aromatic carbocycles. The topological polar surface area (TPSA) is 32.3 Å². The molecule has 23 heavy (non-hydrogen) atoms. The van der Waals surface area contributed by atoms with Crippen LogP contribution in [0.5, 0.6) is 0 Å². The second-order valence-electron chi connectivity index (χ2n) is 6.07. The second-order valence-corrected chi connectivity index (χ2v) is 7.50. The SMILES string of the molecule is CC(C)N(CCNC(=O)c1sc2cc(F)ccc2c1Cl)C(C)C. The first-order valence-corrected chi connectivity index (χ1v) is 8.92. The summed E-state index contributed by atoms with van der Waals surface area (Å²) in [4.78, 5) is 15.1. The lowest BCUT2D eigenvalue weighted by atomic mass is 10.2. The monoisotopic (exact) mass is 356 g/mol. The van der Waals surface area contributed by atoms with E-state index in [1.54, 1.807) is 6.07 Å². The van der Waals surface area contributed by atoms with E-state index in [0.29, 0.717) is 38.6 Å².